The van der Waals surface area contributed by atoms with E-state index in [0.29, 0.717) is 6.10 Å². The first-order chi connectivity index (χ1) is 8.38. The summed E-state index contributed by atoms with van der Waals surface area (Å²) in [5, 5.41) is 8.46. The Morgan fingerprint density at radius 1 is 1.24 bits per heavy atom. The zero-order valence-electron chi connectivity index (χ0n) is 9.75. The van der Waals surface area contributed by atoms with Crippen molar-refractivity contribution in [1.29, 1.82) is 5.26 Å². The van der Waals surface area contributed by atoms with E-state index in [1.165, 1.54) is 6.08 Å². The molecular formula is C14H16N2O. The molecule has 2 rings (SSSR count). The highest BCUT2D eigenvalue weighted by Gasteiger charge is 2.18. The Hall–Kier alpha value is -1.95. The van der Waals surface area contributed by atoms with E-state index in [0.717, 1.165) is 31.7 Å². The van der Waals surface area contributed by atoms with Crippen LogP contribution in [0.4, 0.5) is 0 Å². The number of hydrogen-bond acceptors (Lipinski definition) is 3. The predicted molar refractivity (Wildman–Crippen MR) is 66.4 cm³/mol. The molecule has 1 aliphatic rings. The van der Waals surface area contributed by atoms with Crippen molar-refractivity contribution in [3.63, 3.8) is 0 Å². The summed E-state index contributed by atoms with van der Waals surface area (Å²) >= 11 is 0. The zero-order chi connectivity index (χ0) is 11.9. The van der Waals surface area contributed by atoms with Gasteiger partial charge in [0.05, 0.1) is 6.07 Å². The van der Waals surface area contributed by atoms with Gasteiger partial charge in [0.15, 0.2) is 0 Å². The number of para-hydroxylation sites is 1. The van der Waals surface area contributed by atoms with Gasteiger partial charge in [-0.2, -0.15) is 5.26 Å². The van der Waals surface area contributed by atoms with E-state index in [1.54, 1.807) is 0 Å². The van der Waals surface area contributed by atoms with Crippen molar-refractivity contribution in [1.82, 2.24) is 4.90 Å². The maximum absolute atomic E-state index is 8.46. The van der Waals surface area contributed by atoms with Crippen molar-refractivity contribution in [2.45, 2.75) is 18.9 Å². The van der Waals surface area contributed by atoms with Gasteiger partial charge >= 0.3 is 0 Å². The van der Waals surface area contributed by atoms with Gasteiger partial charge in [0.25, 0.3) is 0 Å². The van der Waals surface area contributed by atoms with Crippen LogP contribution in [0.25, 0.3) is 0 Å². The van der Waals surface area contributed by atoms with Crippen LogP contribution in [0.15, 0.2) is 42.6 Å². The molecule has 3 heteroatoms. The van der Waals surface area contributed by atoms with Crippen LogP contribution in [0, 0.1) is 11.3 Å². The second kappa shape index (κ2) is 5.95. The van der Waals surface area contributed by atoms with Crippen LogP contribution >= 0.6 is 0 Å². The second-order valence-electron chi connectivity index (χ2n) is 4.11. The number of ether oxygens (including phenoxy) is 1. The first-order valence-electron chi connectivity index (χ1n) is 5.90. The molecule has 88 valence electrons. The van der Waals surface area contributed by atoms with E-state index in [9.17, 15) is 0 Å². The molecule has 0 saturated carbocycles. The van der Waals surface area contributed by atoms with Gasteiger partial charge in [-0.1, -0.05) is 18.2 Å². The molecule has 1 aromatic carbocycles. The normalized spacial score (nSPS) is 17.0. The summed E-state index contributed by atoms with van der Waals surface area (Å²) in [5.41, 5.74) is 0. The minimum absolute atomic E-state index is 0.295. The summed E-state index contributed by atoms with van der Waals surface area (Å²) < 4.78 is 5.89. The number of likely N-dealkylation sites (tertiary alicyclic amines) is 1. The largest absolute Gasteiger partial charge is 0.490 e. The average Bonchev–Trinajstić information content (AvgIpc) is 2.39. The summed E-state index contributed by atoms with van der Waals surface area (Å²) in [6.07, 6.45) is 5.69. The number of rotatable bonds is 3. The van der Waals surface area contributed by atoms with Gasteiger partial charge in [-0.15, -0.1) is 0 Å². The Labute approximate surface area is 102 Å². The van der Waals surface area contributed by atoms with Gasteiger partial charge in [0.2, 0.25) is 0 Å². The van der Waals surface area contributed by atoms with Crippen LogP contribution in [0.2, 0.25) is 0 Å². The molecule has 0 atom stereocenters. The zero-order valence-corrected chi connectivity index (χ0v) is 9.75. The SMILES string of the molecule is N#C/C=C/N1CCC(Oc2ccccc2)CC1. The Kier molecular flexibility index (Phi) is 4.04. The number of nitriles is 1. The van der Waals surface area contributed by atoms with Gasteiger partial charge in [-0.05, 0) is 12.1 Å². The monoisotopic (exact) mass is 228 g/mol. The minimum atomic E-state index is 0.295. The lowest BCUT2D eigenvalue weighted by Crippen LogP contribution is -2.35. The van der Waals surface area contributed by atoms with Crippen LogP contribution in [-0.4, -0.2) is 24.1 Å². The maximum Gasteiger partial charge on any atom is 0.119 e. The third-order valence-corrected chi connectivity index (χ3v) is 2.88. The Bertz CT molecular complexity index is 400. The first kappa shape index (κ1) is 11.5. The van der Waals surface area contributed by atoms with Crippen LogP contribution in [-0.2, 0) is 0 Å². The molecule has 0 amide bonds. The molecule has 0 N–H and O–H groups in total. The molecule has 0 bridgehead atoms. The third-order valence-electron chi connectivity index (χ3n) is 2.88. The number of allylic oxidation sites excluding steroid dienone is 1. The van der Waals surface area contributed by atoms with E-state index < -0.39 is 0 Å². The van der Waals surface area contributed by atoms with Crippen molar-refractivity contribution in [2.75, 3.05) is 13.1 Å². The molecular weight excluding hydrogens is 212 g/mol. The van der Waals surface area contributed by atoms with Crippen LogP contribution in [0.1, 0.15) is 12.8 Å². The maximum atomic E-state index is 8.46. The highest BCUT2D eigenvalue weighted by atomic mass is 16.5. The highest BCUT2D eigenvalue weighted by molar-refractivity contribution is 5.21. The van der Waals surface area contributed by atoms with E-state index in [4.69, 9.17) is 10.00 Å². The van der Waals surface area contributed by atoms with Crippen molar-refractivity contribution in [3.8, 4) is 11.8 Å². The molecule has 17 heavy (non-hydrogen) atoms. The second-order valence-corrected chi connectivity index (χ2v) is 4.11. The fourth-order valence-electron chi connectivity index (χ4n) is 1.97. The highest BCUT2D eigenvalue weighted by Crippen LogP contribution is 2.18. The average molecular weight is 228 g/mol. The van der Waals surface area contributed by atoms with E-state index in [1.807, 2.05) is 42.6 Å². The Balaban J connectivity index is 1.80. The molecule has 1 aromatic rings. The van der Waals surface area contributed by atoms with Crippen LogP contribution < -0.4 is 4.74 Å². The summed E-state index contributed by atoms with van der Waals surface area (Å²) in [6.45, 7) is 1.91. The molecule has 3 nitrogen and oxygen atoms in total. The fourth-order valence-corrected chi connectivity index (χ4v) is 1.97. The summed E-state index contributed by atoms with van der Waals surface area (Å²) in [5.74, 6) is 0.943. The standard InChI is InChI=1S/C14H16N2O/c15-9-4-10-16-11-7-14(8-12-16)17-13-5-2-1-3-6-13/h1-6,10,14H,7-8,11-12H2/b10-4+. The number of hydrogen-bond donors (Lipinski definition) is 0. The first-order valence-corrected chi connectivity index (χ1v) is 5.90. The molecule has 1 aliphatic heterocycles. The summed E-state index contributed by atoms with van der Waals surface area (Å²) in [7, 11) is 0. The van der Waals surface area contributed by atoms with Crippen molar-refractivity contribution >= 4 is 0 Å². The number of piperidine rings is 1. The lowest BCUT2D eigenvalue weighted by Gasteiger charge is -2.31. The molecule has 1 heterocycles. The topological polar surface area (TPSA) is 36.3 Å². The molecule has 1 saturated heterocycles. The van der Waals surface area contributed by atoms with Crippen molar-refractivity contribution < 1.29 is 4.74 Å². The lowest BCUT2D eigenvalue weighted by molar-refractivity contribution is 0.123. The van der Waals surface area contributed by atoms with Gasteiger partial charge in [-0.3, -0.25) is 0 Å². The smallest absolute Gasteiger partial charge is 0.119 e. The van der Waals surface area contributed by atoms with E-state index >= 15 is 0 Å². The van der Waals surface area contributed by atoms with Gasteiger partial charge in [-0.25, -0.2) is 0 Å². The Morgan fingerprint density at radius 2 is 1.94 bits per heavy atom. The molecule has 0 aliphatic carbocycles. The van der Waals surface area contributed by atoms with Crippen molar-refractivity contribution in [2.24, 2.45) is 0 Å². The summed E-state index contributed by atoms with van der Waals surface area (Å²) in [6, 6.07) is 11.9. The van der Waals surface area contributed by atoms with Gasteiger partial charge in [0.1, 0.15) is 11.9 Å². The fraction of sp³-hybridized carbons (Fsp3) is 0.357. The van der Waals surface area contributed by atoms with Gasteiger partial charge < -0.3 is 9.64 Å². The van der Waals surface area contributed by atoms with E-state index in [-0.39, 0.29) is 0 Å². The van der Waals surface area contributed by atoms with Crippen molar-refractivity contribution in [3.05, 3.63) is 42.6 Å². The Morgan fingerprint density at radius 3 is 2.59 bits per heavy atom. The van der Waals surface area contributed by atoms with Gasteiger partial charge in [0, 0.05) is 38.2 Å². The molecule has 0 unspecified atom stereocenters. The molecule has 1 fully saturated rings. The quantitative estimate of drug-likeness (QED) is 0.746. The third kappa shape index (κ3) is 3.53. The predicted octanol–water partition coefficient (Wildman–Crippen LogP) is 2.57. The minimum Gasteiger partial charge on any atom is -0.490 e. The molecule has 0 spiro atoms. The van der Waals surface area contributed by atoms with E-state index in [2.05, 4.69) is 4.90 Å². The lowest BCUT2D eigenvalue weighted by atomic mass is 10.1. The molecule has 0 radical (unpaired) electrons. The summed E-state index contributed by atoms with van der Waals surface area (Å²) in [4.78, 5) is 2.16. The number of nitrogens with zero attached hydrogens (tertiary/aromatic N) is 2. The number of benzene rings is 1. The molecule has 0 aromatic heterocycles. The van der Waals surface area contributed by atoms with Crippen LogP contribution in [0.5, 0.6) is 5.75 Å². The van der Waals surface area contributed by atoms with Crippen LogP contribution in [0.3, 0.4) is 0 Å².